The maximum atomic E-state index is 12.8. The van der Waals surface area contributed by atoms with E-state index in [2.05, 4.69) is 15.3 Å². The molecule has 0 radical (unpaired) electrons. The Morgan fingerprint density at radius 2 is 1.64 bits per heavy atom. The zero-order valence-corrected chi connectivity index (χ0v) is 18.3. The fourth-order valence-corrected chi connectivity index (χ4v) is 3.24. The van der Waals surface area contributed by atoms with Crippen molar-refractivity contribution in [1.82, 2.24) is 20.0 Å². The number of halogens is 1. The van der Waals surface area contributed by atoms with Crippen molar-refractivity contribution < 1.29 is 23.8 Å². The third-order valence-corrected chi connectivity index (χ3v) is 4.79. The molecule has 0 spiro atoms. The van der Waals surface area contributed by atoms with Gasteiger partial charge in [0, 0.05) is 11.6 Å². The van der Waals surface area contributed by atoms with E-state index in [1.807, 2.05) is 6.07 Å². The quantitative estimate of drug-likeness (QED) is 0.388. The van der Waals surface area contributed by atoms with E-state index < -0.39 is 11.9 Å². The van der Waals surface area contributed by atoms with Gasteiger partial charge in [0.05, 0.1) is 19.9 Å². The number of aromatic nitrogens is 4. The number of para-hydroxylation sites is 1. The zero-order valence-electron chi connectivity index (χ0n) is 17.6. The normalized spacial score (nSPS) is 10.5. The van der Waals surface area contributed by atoms with Gasteiger partial charge in [0.15, 0.2) is 10.8 Å². The molecule has 166 valence electrons. The Morgan fingerprint density at radius 3 is 2.30 bits per heavy atom. The van der Waals surface area contributed by atoms with E-state index in [0.29, 0.717) is 17.0 Å². The molecule has 0 aliphatic carbocycles. The van der Waals surface area contributed by atoms with Gasteiger partial charge < -0.3 is 14.2 Å². The van der Waals surface area contributed by atoms with Crippen molar-refractivity contribution in [2.45, 2.75) is 0 Å². The number of methoxy groups -OCH3 is 2. The van der Waals surface area contributed by atoms with Crippen LogP contribution in [0.5, 0.6) is 11.6 Å². The topological polar surface area (TPSA) is 105 Å². The summed E-state index contributed by atoms with van der Waals surface area (Å²) < 4.78 is 17.0. The second-order valence-corrected chi connectivity index (χ2v) is 7.01. The maximum absolute atomic E-state index is 12.8. The SMILES string of the molecule is COC(=O)c1c(-c2cccc(Oc3ccc(Cl)nn3)c2)nn(-c2ccccc2)c1C(=O)OC. The lowest BCUT2D eigenvalue weighted by atomic mass is 10.1. The van der Waals surface area contributed by atoms with E-state index in [4.69, 9.17) is 25.8 Å². The standard InChI is InChI=1S/C23H17ClN4O5/c1-31-22(29)19-20(27-28(21(19)23(30)32-2)15-8-4-3-5-9-15)14-7-6-10-16(13-14)33-18-12-11-17(24)25-26-18/h3-13H,1-2H3. The van der Waals surface area contributed by atoms with Crippen molar-refractivity contribution >= 4 is 23.5 Å². The molecule has 0 N–H and O–H groups in total. The summed E-state index contributed by atoms with van der Waals surface area (Å²) in [4.78, 5) is 25.4. The van der Waals surface area contributed by atoms with Crippen molar-refractivity contribution in [3.63, 3.8) is 0 Å². The molecule has 0 saturated carbocycles. The van der Waals surface area contributed by atoms with Crippen LogP contribution in [0.25, 0.3) is 16.9 Å². The molecule has 0 unspecified atom stereocenters. The highest BCUT2D eigenvalue weighted by atomic mass is 35.5. The Kier molecular flexibility index (Phi) is 6.32. The van der Waals surface area contributed by atoms with Crippen molar-refractivity contribution in [3.8, 4) is 28.6 Å². The monoisotopic (exact) mass is 464 g/mol. The Balaban J connectivity index is 1.86. The molecule has 0 amide bonds. The average Bonchev–Trinajstić information content (AvgIpc) is 3.26. The van der Waals surface area contributed by atoms with E-state index >= 15 is 0 Å². The number of carbonyl (C=O) groups is 2. The summed E-state index contributed by atoms with van der Waals surface area (Å²) in [5.41, 5.74) is 1.21. The van der Waals surface area contributed by atoms with Gasteiger partial charge in [-0.1, -0.05) is 41.9 Å². The third kappa shape index (κ3) is 4.53. The summed E-state index contributed by atoms with van der Waals surface area (Å²) in [5.74, 6) is -0.826. The first-order valence-electron chi connectivity index (χ1n) is 9.64. The van der Waals surface area contributed by atoms with Gasteiger partial charge in [-0.05, 0) is 30.3 Å². The maximum Gasteiger partial charge on any atom is 0.357 e. The van der Waals surface area contributed by atoms with Crippen molar-refractivity contribution in [1.29, 1.82) is 0 Å². The smallest absolute Gasteiger partial charge is 0.357 e. The third-order valence-electron chi connectivity index (χ3n) is 4.59. The van der Waals surface area contributed by atoms with E-state index in [9.17, 15) is 9.59 Å². The number of esters is 2. The highest BCUT2D eigenvalue weighted by Crippen LogP contribution is 2.32. The molecule has 0 aliphatic heterocycles. The van der Waals surface area contributed by atoms with Gasteiger partial charge in [-0.15, -0.1) is 10.2 Å². The molecule has 0 aliphatic rings. The Morgan fingerprint density at radius 1 is 0.879 bits per heavy atom. The summed E-state index contributed by atoms with van der Waals surface area (Å²) in [5, 5.41) is 12.4. The van der Waals surface area contributed by atoms with Crippen molar-refractivity contribution in [2.75, 3.05) is 14.2 Å². The van der Waals surface area contributed by atoms with Gasteiger partial charge in [0.1, 0.15) is 17.0 Å². The fourth-order valence-electron chi connectivity index (χ4n) is 3.14. The molecule has 10 heteroatoms. The lowest BCUT2D eigenvalue weighted by Crippen LogP contribution is -2.15. The largest absolute Gasteiger partial charge is 0.465 e. The van der Waals surface area contributed by atoms with Crippen LogP contribution in [-0.4, -0.2) is 46.1 Å². The van der Waals surface area contributed by atoms with Gasteiger partial charge in [-0.2, -0.15) is 5.10 Å². The first-order valence-corrected chi connectivity index (χ1v) is 10.0. The number of nitrogens with zero attached hydrogens (tertiary/aromatic N) is 4. The Hall–Kier alpha value is -4.24. The first-order chi connectivity index (χ1) is 16.0. The highest BCUT2D eigenvalue weighted by Gasteiger charge is 2.31. The summed E-state index contributed by atoms with van der Waals surface area (Å²) in [7, 11) is 2.46. The Bertz CT molecular complexity index is 1310. The van der Waals surface area contributed by atoms with Crippen LogP contribution in [0.2, 0.25) is 5.15 Å². The van der Waals surface area contributed by atoms with E-state index in [0.717, 1.165) is 0 Å². The summed E-state index contributed by atoms with van der Waals surface area (Å²) in [6, 6.07) is 18.8. The number of ether oxygens (including phenoxy) is 3. The van der Waals surface area contributed by atoms with Gasteiger partial charge in [0.25, 0.3) is 0 Å². The predicted molar refractivity (Wildman–Crippen MR) is 119 cm³/mol. The molecular weight excluding hydrogens is 448 g/mol. The zero-order chi connectivity index (χ0) is 23.4. The van der Waals surface area contributed by atoms with Gasteiger partial charge in [0.2, 0.25) is 5.88 Å². The average molecular weight is 465 g/mol. The molecule has 0 saturated heterocycles. The van der Waals surface area contributed by atoms with E-state index in [-0.39, 0.29) is 28.0 Å². The second-order valence-electron chi connectivity index (χ2n) is 6.63. The molecule has 33 heavy (non-hydrogen) atoms. The van der Waals surface area contributed by atoms with Crippen molar-refractivity contribution in [2.24, 2.45) is 0 Å². The molecular formula is C23H17ClN4O5. The Labute approximate surface area is 193 Å². The molecule has 0 atom stereocenters. The molecule has 2 heterocycles. The van der Waals surface area contributed by atoms with E-state index in [1.54, 1.807) is 60.7 Å². The molecule has 0 bridgehead atoms. The lowest BCUT2D eigenvalue weighted by molar-refractivity contribution is 0.0549. The van der Waals surface area contributed by atoms with Crippen LogP contribution in [-0.2, 0) is 9.47 Å². The number of rotatable bonds is 6. The minimum Gasteiger partial charge on any atom is -0.465 e. The minimum absolute atomic E-state index is 0.0309. The van der Waals surface area contributed by atoms with Gasteiger partial charge >= 0.3 is 11.9 Å². The summed E-state index contributed by atoms with van der Waals surface area (Å²) in [6.07, 6.45) is 0. The molecule has 2 aromatic heterocycles. The highest BCUT2D eigenvalue weighted by molar-refractivity contribution is 6.29. The summed E-state index contributed by atoms with van der Waals surface area (Å²) >= 11 is 5.76. The second kappa shape index (κ2) is 9.49. The van der Waals surface area contributed by atoms with Crippen LogP contribution < -0.4 is 4.74 Å². The molecule has 9 nitrogen and oxygen atoms in total. The molecule has 2 aromatic carbocycles. The number of benzene rings is 2. The van der Waals surface area contributed by atoms with Crippen LogP contribution in [0.4, 0.5) is 0 Å². The minimum atomic E-state index is -0.734. The van der Waals surface area contributed by atoms with Crippen molar-refractivity contribution in [3.05, 3.63) is 83.1 Å². The molecule has 0 fully saturated rings. The van der Waals surface area contributed by atoms with Crippen LogP contribution in [0.15, 0.2) is 66.7 Å². The fraction of sp³-hybridized carbons (Fsp3) is 0.0870. The van der Waals surface area contributed by atoms with Gasteiger partial charge in [-0.25, -0.2) is 14.3 Å². The lowest BCUT2D eigenvalue weighted by Gasteiger charge is -2.07. The number of hydrogen-bond donors (Lipinski definition) is 0. The van der Waals surface area contributed by atoms with Crippen LogP contribution in [0.1, 0.15) is 20.8 Å². The molecule has 4 aromatic rings. The number of hydrogen-bond acceptors (Lipinski definition) is 8. The van der Waals surface area contributed by atoms with Crippen LogP contribution in [0, 0.1) is 0 Å². The van der Waals surface area contributed by atoms with Crippen LogP contribution in [0.3, 0.4) is 0 Å². The first kappa shape index (κ1) is 22.0. The number of carbonyl (C=O) groups excluding carboxylic acids is 2. The van der Waals surface area contributed by atoms with Gasteiger partial charge in [-0.3, -0.25) is 0 Å². The van der Waals surface area contributed by atoms with E-state index in [1.165, 1.54) is 18.9 Å². The summed E-state index contributed by atoms with van der Waals surface area (Å²) in [6.45, 7) is 0. The van der Waals surface area contributed by atoms with Crippen LogP contribution >= 0.6 is 11.6 Å². The predicted octanol–water partition coefficient (Wildman–Crippen LogP) is 4.35. The molecule has 4 rings (SSSR count).